The summed E-state index contributed by atoms with van der Waals surface area (Å²) in [6.07, 6.45) is 1.24. The summed E-state index contributed by atoms with van der Waals surface area (Å²) in [5, 5.41) is 13.1. The van der Waals surface area contributed by atoms with E-state index in [9.17, 15) is 5.11 Å². The summed E-state index contributed by atoms with van der Waals surface area (Å²) in [5.74, 6) is 0.873. The summed E-state index contributed by atoms with van der Waals surface area (Å²) in [6.45, 7) is 6.38. The fourth-order valence-electron chi connectivity index (χ4n) is 1.80. The molecule has 0 heterocycles. The van der Waals surface area contributed by atoms with Crippen LogP contribution in [0.5, 0.6) is 17.2 Å². The number of rotatable bonds is 9. The first-order chi connectivity index (χ1) is 9.58. The summed E-state index contributed by atoms with van der Waals surface area (Å²) in [7, 11) is 3.05. The van der Waals surface area contributed by atoms with Crippen LogP contribution in [0.3, 0.4) is 0 Å². The topological polar surface area (TPSA) is 60.0 Å². The minimum Gasteiger partial charge on any atom is -0.502 e. The van der Waals surface area contributed by atoms with Gasteiger partial charge in [0.2, 0.25) is 5.75 Å². The average molecular weight is 283 g/mol. The Hall–Kier alpha value is -1.46. The lowest BCUT2D eigenvalue weighted by Gasteiger charge is -2.12. The first-order valence-corrected chi connectivity index (χ1v) is 6.84. The van der Waals surface area contributed by atoms with Crippen molar-refractivity contribution in [3.8, 4) is 17.2 Å². The molecular weight excluding hydrogens is 258 g/mol. The van der Waals surface area contributed by atoms with Gasteiger partial charge in [-0.25, -0.2) is 0 Å². The van der Waals surface area contributed by atoms with Gasteiger partial charge in [0.15, 0.2) is 11.5 Å². The number of aromatic hydroxyl groups is 1. The van der Waals surface area contributed by atoms with Crippen LogP contribution in [-0.2, 0) is 11.3 Å². The van der Waals surface area contributed by atoms with Crippen molar-refractivity contribution in [1.82, 2.24) is 5.32 Å². The molecule has 0 amide bonds. The number of methoxy groups -OCH3 is 2. The van der Waals surface area contributed by atoms with Gasteiger partial charge in [-0.15, -0.1) is 0 Å². The average Bonchev–Trinajstić information content (AvgIpc) is 2.43. The quantitative estimate of drug-likeness (QED) is 0.681. The van der Waals surface area contributed by atoms with Crippen LogP contribution < -0.4 is 14.8 Å². The SMILES string of the molecule is COc1cc(CNCCCOC(C)C)cc(OC)c1O. The van der Waals surface area contributed by atoms with E-state index >= 15 is 0 Å². The molecule has 0 atom stereocenters. The van der Waals surface area contributed by atoms with Crippen LogP contribution in [0.2, 0.25) is 0 Å². The van der Waals surface area contributed by atoms with Gasteiger partial charge in [0, 0.05) is 13.2 Å². The fraction of sp³-hybridized carbons (Fsp3) is 0.600. The van der Waals surface area contributed by atoms with E-state index in [1.165, 1.54) is 14.2 Å². The van der Waals surface area contributed by atoms with Crippen LogP contribution in [-0.4, -0.2) is 38.6 Å². The summed E-state index contributed by atoms with van der Waals surface area (Å²) < 4.78 is 15.7. The fourth-order valence-corrected chi connectivity index (χ4v) is 1.80. The molecule has 0 aliphatic rings. The second kappa shape index (κ2) is 8.66. The van der Waals surface area contributed by atoms with Crippen LogP contribution in [0.1, 0.15) is 25.8 Å². The van der Waals surface area contributed by atoms with Crippen LogP contribution in [0.4, 0.5) is 0 Å². The summed E-state index contributed by atoms with van der Waals surface area (Å²) in [4.78, 5) is 0. The molecule has 0 bridgehead atoms. The number of hydrogen-bond acceptors (Lipinski definition) is 5. The third-order valence-corrected chi connectivity index (χ3v) is 2.82. The summed E-state index contributed by atoms with van der Waals surface area (Å²) >= 11 is 0. The predicted molar refractivity (Wildman–Crippen MR) is 78.6 cm³/mol. The van der Waals surface area contributed by atoms with Gasteiger partial charge in [0.1, 0.15) is 0 Å². The number of benzene rings is 1. The highest BCUT2D eigenvalue weighted by atomic mass is 16.5. The Morgan fingerprint density at radius 3 is 2.25 bits per heavy atom. The molecule has 0 aliphatic carbocycles. The zero-order chi connectivity index (χ0) is 15.0. The van der Waals surface area contributed by atoms with Gasteiger partial charge < -0.3 is 24.6 Å². The van der Waals surface area contributed by atoms with E-state index < -0.39 is 0 Å². The van der Waals surface area contributed by atoms with Crippen LogP contribution in [0, 0.1) is 0 Å². The Balaban J connectivity index is 2.44. The maximum Gasteiger partial charge on any atom is 0.200 e. The highest BCUT2D eigenvalue weighted by molar-refractivity contribution is 5.52. The van der Waals surface area contributed by atoms with Gasteiger partial charge in [-0.1, -0.05) is 0 Å². The van der Waals surface area contributed by atoms with E-state index in [2.05, 4.69) is 5.32 Å². The van der Waals surface area contributed by atoms with Crippen molar-refractivity contribution in [1.29, 1.82) is 0 Å². The number of phenols is 1. The molecule has 0 unspecified atom stereocenters. The third-order valence-electron chi connectivity index (χ3n) is 2.82. The molecule has 1 rings (SSSR count). The highest BCUT2D eigenvalue weighted by Crippen LogP contribution is 2.36. The normalized spacial score (nSPS) is 10.8. The molecule has 5 heteroatoms. The van der Waals surface area contributed by atoms with Crippen molar-refractivity contribution in [3.05, 3.63) is 17.7 Å². The van der Waals surface area contributed by atoms with E-state index in [1.54, 1.807) is 12.1 Å². The first kappa shape index (κ1) is 16.6. The van der Waals surface area contributed by atoms with Gasteiger partial charge >= 0.3 is 0 Å². The van der Waals surface area contributed by atoms with Gasteiger partial charge in [-0.05, 0) is 44.5 Å². The summed E-state index contributed by atoms with van der Waals surface area (Å²) in [5.41, 5.74) is 1.00. The van der Waals surface area contributed by atoms with E-state index in [-0.39, 0.29) is 11.9 Å². The smallest absolute Gasteiger partial charge is 0.200 e. The molecular formula is C15H25NO4. The number of nitrogens with one attached hydrogen (secondary N) is 1. The van der Waals surface area contributed by atoms with E-state index in [4.69, 9.17) is 14.2 Å². The van der Waals surface area contributed by atoms with Gasteiger partial charge in [0.05, 0.1) is 20.3 Å². The first-order valence-electron chi connectivity index (χ1n) is 6.84. The van der Waals surface area contributed by atoms with Crippen molar-refractivity contribution in [2.45, 2.75) is 32.9 Å². The maximum atomic E-state index is 9.82. The Kier molecular flexibility index (Phi) is 7.18. The Bertz CT molecular complexity index is 382. The second-order valence-electron chi connectivity index (χ2n) is 4.80. The molecule has 0 radical (unpaired) electrons. The molecule has 0 fully saturated rings. The molecule has 5 nitrogen and oxygen atoms in total. The Morgan fingerprint density at radius 2 is 1.75 bits per heavy atom. The zero-order valence-electron chi connectivity index (χ0n) is 12.7. The molecule has 0 aliphatic heterocycles. The van der Waals surface area contributed by atoms with Crippen LogP contribution in [0.15, 0.2) is 12.1 Å². The lowest BCUT2D eigenvalue weighted by atomic mass is 10.2. The molecule has 114 valence electrons. The maximum absolute atomic E-state index is 9.82. The Morgan fingerprint density at radius 1 is 1.15 bits per heavy atom. The summed E-state index contributed by atoms with van der Waals surface area (Å²) in [6, 6.07) is 3.60. The van der Waals surface area contributed by atoms with E-state index in [0.29, 0.717) is 18.0 Å². The van der Waals surface area contributed by atoms with Crippen molar-refractivity contribution < 1.29 is 19.3 Å². The largest absolute Gasteiger partial charge is 0.502 e. The lowest BCUT2D eigenvalue weighted by Crippen LogP contribution is -2.17. The molecule has 1 aromatic carbocycles. The van der Waals surface area contributed by atoms with Crippen molar-refractivity contribution in [3.63, 3.8) is 0 Å². The minimum atomic E-state index is 0.0316. The monoisotopic (exact) mass is 283 g/mol. The van der Waals surface area contributed by atoms with Gasteiger partial charge in [-0.3, -0.25) is 0 Å². The van der Waals surface area contributed by atoms with Crippen molar-refractivity contribution in [2.24, 2.45) is 0 Å². The molecule has 0 spiro atoms. The molecule has 1 aromatic rings. The second-order valence-corrected chi connectivity index (χ2v) is 4.80. The van der Waals surface area contributed by atoms with E-state index in [0.717, 1.165) is 25.1 Å². The van der Waals surface area contributed by atoms with Gasteiger partial charge in [0.25, 0.3) is 0 Å². The lowest BCUT2D eigenvalue weighted by molar-refractivity contribution is 0.0770. The third kappa shape index (κ3) is 5.27. The molecule has 0 saturated carbocycles. The van der Waals surface area contributed by atoms with Crippen molar-refractivity contribution in [2.75, 3.05) is 27.4 Å². The molecule has 0 saturated heterocycles. The molecule has 2 N–H and O–H groups in total. The van der Waals surface area contributed by atoms with E-state index in [1.807, 2.05) is 13.8 Å². The zero-order valence-corrected chi connectivity index (χ0v) is 12.7. The van der Waals surface area contributed by atoms with Crippen LogP contribution >= 0.6 is 0 Å². The van der Waals surface area contributed by atoms with Crippen molar-refractivity contribution >= 4 is 0 Å². The minimum absolute atomic E-state index is 0.0316. The number of ether oxygens (including phenoxy) is 3. The van der Waals surface area contributed by atoms with Crippen LogP contribution in [0.25, 0.3) is 0 Å². The molecule has 0 aromatic heterocycles. The number of hydrogen-bond donors (Lipinski definition) is 2. The number of phenolic OH excluding ortho intramolecular Hbond substituents is 1. The molecule has 20 heavy (non-hydrogen) atoms. The Labute approximate surface area is 120 Å². The standard InChI is InChI=1S/C15H25NO4/c1-11(2)20-7-5-6-16-10-12-8-13(18-3)15(17)14(9-12)19-4/h8-9,11,16-17H,5-7,10H2,1-4H3. The highest BCUT2D eigenvalue weighted by Gasteiger charge is 2.10. The van der Waals surface area contributed by atoms with Gasteiger partial charge in [-0.2, -0.15) is 0 Å². The predicted octanol–water partition coefficient (Wildman–Crippen LogP) is 2.31.